The maximum atomic E-state index is 12.4. The highest BCUT2D eigenvalue weighted by Gasteiger charge is 2.31. The van der Waals surface area contributed by atoms with Crippen molar-refractivity contribution in [3.63, 3.8) is 0 Å². The molecule has 1 N–H and O–H groups in total. The second kappa shape index (κ2) is 9.13. The van der Waals surface area contributed by atoms with Crippen LogP contribution >= 0.6 is 0 Å². The Bertz CT molecular complexity index is 854. The molecule has 144 valence electrons. The minimum atomic E-state index is -0.663. The van der Waals surface area contributed by atoms with Crippen LogP contribution < -0.4 is 5.32 Å². The molecular formula is C23H23NO4. The van der Waals surface area contributed by atoms with E-state index in [1.54, 1.807) is 6.92 Å². The molecule has 1 aliphatic rings. The first-order valence-corrected chi connectivity index (χ1v) is 9.32. The van der Waals surface area contributed by atoms with E-state index in [4.69, 9.17) is 4.74 Å². The Morgan fingerprint density at radius 1 is 1.04 bits per heavy atom. The lowest BCUT2D eigenvalue weighted by molar-refractivity contribution is -0.146. The number of esters is 1. The van der Waals surface area contributed by atoms with Gasteiger partial charge in [0.05, 0.1) is 5.57 Å². The molecule has 1 atom stereocenters. The van der Waals surface area contributed by atoms with Crippen molar-refractivity contribution >= 4 is 17.5 Å². The molecule has 0 unspecified atom stereocenters. The summed E-state index contributed by atoms with van der Waals surface area (Å²) in [6.45, 7) is 1.81. The number of carbonyl (C=O) groups is 3. The Labute approximate surface area is 164 Å². The van der Waals surface area contributed by atoms with E-state index in [1.165, 1.54) is 6.20 Å². The second-order valence-corrected chi connectivity index (χ2v) is 6.90. The molecule has 0 bridgehead atoms. The van der Waals surface area contributed by atoms with Crippen LogP contribution in [-0.2, 0) is 25.7 Å². The number of rotatable bonds is 6. The van der Waals surface area contributed by atoms with E-state index >= 15 is 0 Å². The highest BCUT2D eigenvalue weighted by molar-refractivity contribution is 6.22. The van der Waals surface area contributed by atoms with Crippen molar-refractivity contribution in [1.29, 1.82) is 0 Å². The third-order valence-corrected chi connectivity index (χ3v) is 4.79. The molecule has 0 amide bonds. The van der Waals surface area contributed by atoms with Crippen LogP contribution in [0.5, 0.6) is 0 Å². The number of carbonyl (C=O) groups excluding carboxylic acids is 3. The topological polar surface area (TPSA) is 72.5 Å². The number of ether oxygens (including phenoxy) is 1. The summed E-state index contributed by atoms with van der Waals surface area (Å²) in [4.78, 5) is 37.0. The summed E-state index contributed by atoms with van der Waals surface area (Å²) < 4.78 is 5.26. The number of allylic oxidation sites excluding steroid dienone is 1. The summed E-state index contributed by atoms with van der Waals surface area (Å²) >= 11 is 0. The van der Waals surface area contributed by atoms with Gasteiger partial charge in [0.15, 0.2) is 11.6 Å². The van der Waals surface area contributed by atoms with Crippen LogP contribution in [0.2, 0.25) is 0 Å². The molecule has 2 aromatic carbocycles. The molecule has 0 aromatic heterocycles. The lowest BCUT2D eigenvalue weighted by atomic mass is 9.80. The molecule has 28 heavy (non-hydrogen) atoms. The van der Waals surface area contributed by atoms with Crippen molar-refractivity contribution < 1.29 is 19.1 Å². The molecule has 0 heterocycles. The first-order chi connectivity index (χ1) is 13.5. The highest BCUT2D eigenvalue weighted by Crippen LogP contribution is 2.31. The molecule has 0 aliphatic heterocycles. The molecule has 0 saturated heterocycles. The largest absolute Gasteiger partial charge is 0.459 e. The molecule has 0 radical (unpaired) electrons. The first kappa shape index (κ1) is 19.5. The summed E-state index contributed by atoms with van der Waals surface area (Å²) in [5, 5.41) is 2.83. The van der Waals surface area contributed by atoms with Gasteiger partial charge in [-0.2, -0.15) is 0 Å². The van der Waals surface area contributed by atoms with Gasteiger partial charge in [-0.15, -0.1) is 0 Å². The van der Waals surface area contributed by atoms with Crippen LogP contribution in [0.4, 0.5) is 0 Å². The number of benzene rings is 2. The zero-order valence-corrected chi connectivity index (χ0v) is 15.8. The van der Waals surface area contributed by atoms with E-state index in [9.17, 15) is 14.4 Å². The first-order valence-electron chi connectivity index (χ1n) is 9.32. The smallest absolute Gasteiger partial charge is 0.328 e. The van der Waals surface area contributed by atoms with Crippen molar-refractivity contribution in [2.24, 2.45) is 0 Å². The lowest BCUT2D eigenvalue weighted by Gasteiger charge is -2.22. The molecule has 1 aliphatic carbocycles. The number of ketones is 2. The standard InChI is InChI=1S/C23H23NO4/c1-16(23(27)28-15-17-8-4-2-5-9-17)24-14-20-21(25)12-19(13-22(20)26)18-10-6-3-7-11-18/h2-11,14,16,19,24H,12-13,15H2,1H3/t16-,19?/m0/s1. The van der Waals surface area contributed by atoms with Gasteiger partial charge in [-0.1, -0.05) is 60.7 Å². The monoisotopic (exact) mass is 377 g/mol. The predicted octanol–water partition coefficient (Wildman–Crippen LogP) is 3.31. The summed E-state index contributed by atoms with van der Waals surface area (Å²) in [5.74, 6) is -0.949. The van der Waals surface area contributed by atoms with Gasteiger partial charge in [-0.05, 0) is 24.0 Å². The number of Topliss-reactive ketones (excluding diaryl/α,β-unsaturated/α-hetero) is 2. The zero-order valence-electron chi connectivity index (χ0n) is 15.8. The number of hydrogen-bond acceptors (Lipinski definition) is 5. The van der Waals surface area contributed by atoms with Crippen molar-refractivity contribution in [3.8, 4) is 0 Å². The van der Waals surface area contributed by atoms with Gasteiger partial charge < -0.3 is 10.1 Å². The molecular weight excluding hydrogens is 354 g/mol. The quantitative estimate of drug-likeness (QED) is 0.475. The Morgan fingerprint density at radius 2 is 1.61 bits per heavy atom. The molecule has 5 nitrogen and oxygen atoms in total. The van der Waals surface area contributed by atoms with Gasteiger partial charge >= 0.3 is 5.97 Å². The fourth-order valence-electron chi connectivity index (χ4n) is 3.15. The van der Waals surface area contributed by atoms with Gasteiger partial charge in [0, 0.05) is 19.0 Å². The van der Waals surface area contributed by atoms with Crippen molar-refractivity contribution in [2.75, 3.05) is 0 Å². The van der Waals surface area contributed by atoms with Crippen LogP contribution in [0, 0.1) is 0 Å². The third kappa shape index (κ3) is 4.94. The van der Waals surface area contributed by atoms with E-state index in [0.717, 1.165) is 11.1 Å². The Balaban J connectivity index is 1.55. The van der Waals surface area contributed by atoms with Crippen LogP contribution in [0.25, 0.3) is 0 Å². The van der Waals surface area contributed by atoms with Gasteiger partial charge in [0.25, 0.3) is 0 Å². The van der Waals surface area contributed by atoms with Crippen LogP contribution in [0.1, 0.15) is 36.8 Å². The zero-order chi connectivity index (χ0) is 19.9. The Kier molecular flexibility index (Phi) is 6.37. The van der Waals surface area contributed by atoms with Crippen LogP contribution in [0.3, 0.4) is 0 Å². The van der Waals surface area contributed by atoms with E-state index in [1.807, 2.05) is 60.7 Å². The number of nitrogens with one attached hydrogen (secondary N) is 1. The Hall–Kier alpha value is -3.21. The maximum absolute atomic E-state index is 12.4. The highest BCUT2D eigenvalue weighted by atomic mass is 16.5. The average Bonchev–Trinajstić information content (AvgIpc) is 2.72. The van der Waals surface area contributed by atoms with Crippen LogP contribution in [0.15, 0.2) is 72.4 Å². The maximum Gasteiger partial charge on any atom is 0.328 e. The van der Waals surface area contributed by atoms with Crippen LogP contribution in [-0.4, -0.2) is 23.6 Å². The Morgan fingerprint density at radius 3 is 2.21 bits per heavy atom. The summed E-state index contributed by atoms with van der Waals surface area (Å²) in [7, 11) is 0. The average molecular weight is 377 g/mol. The van der Waals surface area contributed by atoms with Gasteiger partial charge in [0.2, 0.25) is 0 Å². The molecule has 5 heteroatoms. The van der Waals surface area contributed by atoms with E-state index in [0.29, 0.717) is 0 Å². The molecule has 1 saturated carbocycles. The van der Waals surface area contributed by atoms with E-state index < -0.39 is 12.0 Å². The van der Waals surface area contributed by atoms with Gasteiger partial charge in [-0.25, -0.2) is 4.79 Å². The fourth-order valence-corrected chi connectivity index (χ4v) is 3.15. The minimum absolute atomic E-state index is 0.0911. The number of hydrogen-bond donors (Lipinski definition) is 1. The van der Waals surface area contributed by atoms with E-state index in [2.05, 4.69) is 5.32 Å². The minimum Gasteiger partial charge on any atom is -0.459 e. The van der Waals surface area contributed by atoms with Crippen molar-refractivity contribution in [1.82, 2.24) is 5.32 Å². The summed E-state index contributed by atoms with van der Waals surface area (Å²) in [5.41, 5.74) is 2.01. The molecule has 2 aromatic rings. The second-order valence-electron chi connectivity index (χ2n) is 6.90. The third-order valence-electron chi connectivity index (χ3n) is 4.79. The molecule has 3 rings (SSSR count). The van der Waals surface area contributed by atoms with Gasteiger partial charge in [-0.3, -0.25) is 9.59 Å². The summed E-state index contributed by atoms with van der Waals surface area (Å²) in [6.07, 6.45) is 1.94. The predicted molar refractivity (Wildman–Crippen MR) is 105 cm³/mol. The van der Waals surface area contributed by atoms with E-state index in [-0.39, 0.29) is 42.5 Å². The van der Waals surface area contributed by atoms with Crippen molar-refractivity contribution in [2.45, 2.75) is 38.3 Å². The molecule has 1 fully saturated rings. The lowest BCUT2D eigenvalue weighted by Crippen LogP contribution is -2.34. The molecule has 0 spiro atoms. The normalized spacial score (nSPS) is 17.8. The summed E-state index contributed by atoms with van der Waals surface area (Å²) in [6, 6.07) is 18.3. The fraction of sp³-hybridized carbons (Fsp3) is 0.261. The van der Waals surface area contributed by atoms with Gasteiger partial charge in [0.1, 0.15) is 12.6 Å². The SMILES string of the molecule is C[C@H](NC=C1C(=O)CC(c2ccccc2)CC1=O)C(=O)OCc1ccccc1. The van der Waals surface area contributed by atoms with Crippen molar-refractivity contribution in [3.05, 3.63) is 83.6 Å².